The zero-order chi connectivity index (χ0) is 12.3. The molecule has 92 valence electrons. The number of halogens is 3. The van der Waals surface area contributed by atoms with Gasteiger partial charge in [-0.05, 0) is 12.3 Å². The molecule has 0 radical (unpaired) electrons. The van der Waals surface area contributed by atoms with Gasteiger partial charge in [0.25, 0.3) is 0 Å². The molecule has 0 bridgehead atoms. The minimum atomic E-state index is -4.42. The highest BCUT2D eigenvalue weighted by atomic mass is 32.1. The molecule has 0 saturated heterocycles. The van der Waals surface area contributed by atoms with Gasteiger partial charge in [0, 0.05) is 6.20 Å². The van der Waals surface area contributed by atoms with Gasteiger partial charge in [0.1, 0.15) is 0 Å². The first-order valence-electron chi connectivity index (χ1n) is 5.05. The van der Waals surface area contributed by atoms with Crippen molar-refractivity contribution in [3.05, 3.63) is 16.1 Å². The van der Waals surface area contributed by atoms with Crippen molar-refractivity contribution >= 4 is 11.3 Å². The van der Waals surface area contributed by atoms with Crippen LogP contribution in [-0.4, -0.2) is 10.1 Å². The monoisotopic (exact) mass is 253 g/mol. The fourth-order valence-electron chi connectivity index (χ4n) is 1.24. The maximum Gasteiger partial charge on any atom is 0.443 e. The fraction of sp³-hybridized carbons (Fsp3) is 0.700. The van der Waals surface area contributed by atoms with Gasteiger partial charge in [-0.25, -0.2) is 4.98 Å². The van der Waals surface area contributed by atoms with Gasteiger partial charge in [-0.3, -0.25) is 0 Å². The number of aliphatic hydroxyl groups excluding tert-OH is 1. The van der Waals surface area contributed by atoms with Crippen LogP contribution in [0.3, 0.4) is 0 Å². The SMILES string of the molecule is CCC(C)CC(O)c1cnc(C(F)(F)F)s1. The van der Waals surface area contributed by atoms with E-state index >= 15 is 0 Å². The topological polar surface area (TPSA) is 33.1 Å². The van der Waals surface area contributed by atoms with Crippen molar-refractivity contribution < 1.29 is 18.3 Å². The van der Waals surface area contributed by atoms with E-state index in [1.165, 1.54) is 0 Å². The van der Waals surface area contributed by atoms with Crippen molar-refractivity contribution in [1.82, 2.24) is 4.98 Å². The lowest BCUT2D eigenvalue weighted by Crippen LogP contribution is -2.03. The lowest BCUT2D eigenvalue weighted by molar-refractivity contribution is -0.137. The second-order valence-electron chi connectivity index (χ2n) is 3.83. The van der Waals surface area contributed by atoms with Crippen LogP contribution in [0, 0.1) is 5.92 Å². The first kappa shape index (κ1) is 13.4. The Hall–Kier alpha value is -0.620. The molecule has 0 fully saturated rings. The van der Waals surface area contributed by atoms with Crippen molar-refractivity contribution in [3.63, 3.8) is 0 Å². The van der Waals surface area contributed by atoms with Gasteiger partial charge in [0.05, 0.1) is 11.0 Å². The van der Waals surface area contributed by atoms with Gasteiger partial charge in [0.2, 0.25) is 0 Å². The second-order valence-corrected chi connectivity index (χ2v) is 4.89. The van der Waals surface area contributed by atoms with Crippen LogP contribution in [0.4, 0.5) is 13.2 Å². The number of hydrogen-bond donors (Lipinski definition) is 1. The molecule has 0 amide bonds. The third-order valence-corrected chi connectivity index (χ3v) is 3.56. The number of alkyl halides is 3. The van der Waals surface area contributed by atoms with E-state index in [1.807, 2.05) is 13.8 Å². The molecule has 0 aliphatic heterocycles. The highest BCUT2D eigenvalue weighted by Gasteiger charge is 2.35. The van der Waals surface area contributed by atoms with Crippen molar-refractivity contribution in [2.24, 2.45) is 5.92 Å². The van der Waals surface area contributed by atoms with Crippen LogP contribution >= 0.6 is 11.3 Å². The van der Waals surface area contributed by atoms with E-state index in [0.717, 1.165) is 12.6 Å². The third-order valence-electron chi connectivity index (χ3n) is 2.42. The molecule has 1 N–H and O–H groups in total. The number of aliphatic hydroxyl groups is 1. The van der Waals surface area contributed by atoms with Gasteiger partial charge in [-0.1, -0.05) is 20.3 Å². The van der Waals surface area contributed by atoms with Crippen LogP contribution in [0.15, 0.2) is 6.20 Å². The van der Waals surface area contributed by atoms with Gasteiger partial charge in [0.15, 0.2) is 5.01 Å². The Morgan fingerprint density at radius 3 is 2.56 bits per heavy atom. The Morgan fingerprint density at radius 2 is 2.12 bits per heavy atom. The first-order valence-corrected chi connectivity index (χ1v) is 5.87. The Balaban J connectivity index is 2.71. The number of aromatic nitrogens is 1. The molecule has 2 nitrogen and oxygen atoms in total. The first-order chi connectivity index (χ1) is 7.34. The van der Waals surface area contributed by atoms with E-state index in [-0.39, 0.29) is 10.8 Å². The number of thiazole rings is 1. The zero-order valence-electron chi connectivity index (χ0n) is 9.08. The minimum absolute atomic E-state index is 0.284. The molecule has 1 heterocycles. The van der Waals surface area contributed by atoms with Crippen LogP contribution in [-0.2, 0) is 6.18 Å². The quantitative estimate of drug-likeness (QED) is 0.888. The Labute approximate surface area is 96.1 Å². The van der Waals surface area contributed by atoms with Crippen LogP contribution < -0.4 is 0 Å². The average Bonchev–Trinajstić information content (AvgIpc) is 2.65. The molecule has 0 saturated carbocycles. The molecule has 6 heteroatoms. The molecule has 16 heavy (non-hydrogen) atoms. The molecule has 0 aliphatic rings. The van der Waals surface area contributed by atoms with E-state index in [0.29, 0.717) is 17.8 Å². The van der Waals surface area contributed by atoms with E-state index in [1.54, 1.807) is 0 Å². The summed E-state index contributed by atoms with van der Waals surface area (Å²) in [4.78, 5) is 3.56. The lowest BCUT2D eigenvalue weighted by Gasteiger charge is -2.12. The maximum atomic E-state index is 12.3. The Kier molecular flexibility index (Phi) is 4.32. The predicted octanol–water partition coefficient (Wildman–Crippen LogP) is 3.63. The summed E-state index contributed by atoms with van der Waals surface area (Å²) in [5.74, 6) is 0.284. The summed E-state index contributed by atoms with van der Waals surface area (Å²) in [6, 6.07) is 0. The summed E-state index contributed by atoms with van der Waals surface area (Å²) < 4.78 is 36.8. The van der Waals surface area contributed by atoms with Crippen LogP contribution in [0.2, 0.25) is 0 Å². The normalized spacial score (nSPS) is 16.1. The van der Waals surface area contributed by atoms with Crippen LogP contribution in [0.5, 0.6) is 0 Å². The molecular weight excluding hydrogens is 239 g/mol. The van der Waals surface area contributed by atoms with Crippen LogP contribution in [0.1, 0.15) is 42.7 Å². The summed E-state index contributed by atoms with van der Waals surface area (Å²) >= 11 is 0.514. The molecule has 1 rings (SSSR count). The molecule has 0 aromatic carbocycles. The number of hydrogen-bond acceptors (Lipinski definition) is 3. The average molecular weight is 253 g/mol. The van der Waals surface area contributed by atoms with E-state index < -0.39 is 17.3 Å². The molecular formula is C10H14F3NOS. The smallest absolute Gasteiger partial charge is 0.388 e. The molecule has 2 atom stereocenters. The van der Waals surface area contributed by atoms with Crippen molar-refractivity contribution in [2.45, 2.75) is 39.0 Å². The zero-order valence-corrected chi connectivity index (χ0v) is 9.90. The van der Waals surface area contributed by atoms with Gasteiger partial charge >= 0.3 is 6.18 Å². The third kappa shape index (κ3) is 3.45. The number of nitrogens with zero attached hydrogens (tertiary/aromatic N) is 1. The summed E-state index contributed by atoms with van der Waals surface area (Å²) in [5.41, 5.74) is 0. The molecule has 1 aromatic heterocycles. The molecule has 0 spiro atoms. The fourth-order valence-corrected chi connectivity index (χ4v) is 2.02. The molecule has 1 aromatic rings. The minimum Gasteiger partial charge on any atom is -0.388 e. The Morgan fingerprint density at radius 1 is 1.50 bits per heavy atom. The van der Waals surface area contributed by atoms with Crippen molar-refractivity contribution in [2.75, 3.05) is 0 Å². The lowest BCUT2D eigenvalue weighted by atomic mass is 10.0. The highest BCUT2D eigenvalue weighted by molar-refractivity contribution is 7.11. The van der Waals surface area contributed by atoms with Gasteiger partial charge in [-0.2, -0.15) is 13.2 Å². The van der Waals surface area contributed by atoms with Crippen molar-refractivity contribution in [1.29, 1.82) is 0 Å². The largest absolute Gasteiger partial charge is 0.443 e. The van der Waals surface area contributed by atoms with Crippen LogP contribution in [0.25, 0.3) is 0 Å². The Bertz CT molecular complexity index is 337. The molecule has 2 unspecified atom stereocenters. The second kappa shape index (κ2) is 5.14. The predicted molar refractivity (Wildman–Crippen MR) is 56.1 cm³/mol. The summed E-state index contributed by atoms with van der Waals surface area (Å²) in [5, 5.41) is 8.81. The van der Waals surface area contributed by atoms with Gasteiger partial charge < -0.3 is 5.11 Å². The van der Waals surface area contributed by atoms with E-state index in [9.17, 15) is 18.3 Å². The molecule has 0 aliphatic carbocycles. The van der Waals surface area contributed by atoms with E-state index in [2.05, 4.69) is 4.98 Å². The highest BCUT2D eigenvalue weighted by Crippen LogP contribution is 2.35. The van der Waals surface area contributed by atoms with Crippen molar-refractivity contribution in [3.8, 4) is 0 Å². The van der Waals surface area contributed by atoms with Gasteiger partial charge in [-0.15, -0.1) is 11.3 Å². The summed E-state index contributed by atoms with van der Waals surface area (Å²) in [6.45, 7) is 3.93. The number of rotatable bonds is 4. The summed E-state index contributed by atoms with van der Waals surface area (Å²) in [6.07, 6.45) is -2.79. The standard InChI is InChI=1S/C10H14F3NOS/c1-3-6(2)4-7(15)8-5-14-9(16-8)10(11,12)13/h5-7,15H,3-4H2,1-2H3. The summed E-state index contributed by atoms with van der Waals surface area (Å²) in [7, 11) is 0. The van der Waals surface area contributed by atoms with E-state index in [4.69, 9.17) is 0 Å². The maximum absolute atomic E-state index is 12.3.